The minimum atomic E-state index is -4.40. The third kappa shape index (κ3) is 6.60. The Kier molecular flexibility index (Phi) is 5.88. The fraction of sp³-hybridized carbons (Fsp3) is 0.667. The van der Waals surface area contributed by atoms with Gasteiger partial charge in [-0.1, -0.05) is 20.8 Å². The van der Waals surface area contributed by atoms with E-state index in [9.17, 15) is 18.0 Å². The summed E-state index contributed by atoms with van der Waals surface area (Å²) in [6, 6.07) is 0. The first-order valence-corrected chi connectivity index (χ1v) is 7.87. The van der Waals surface area contributed by atoms with Crippen LogP contribution in [0.2, 0.25) is 0 Å². The molecule has 0 saturated carbocycles. The van der Waals surface area contributed by atoms with Crippen molar-refractivity contribution in [1.82, 2.24) is 10.3 Å². The van der Waals surface area contributed by atoms with Gasteiger partial charge in [0.15, 0.2) is 5.69 Å². The molecule has 0 fully saturated rings. The van der Waals surface area contributed by atoms with Crippen LogP contribution in [0.4, 0.5) is 13.2 Å². The number of aromatic nitrogens is 1. The van der Waals surface area contributed by atoms with Crippen molar-refractivity contribution in [2.75, 3.05) is 12.3 Å². The molecule has 0 bridgehead atoms. The molecule has 1 amide bonds. The van der Waals surface area contributed by atoms with E-state index >= 15 is 0 Å². The predicted octanol–water partition coefficient (Wildman–Crippen LogP) is 3.35. The third-order valence-corrected chi connectivity index (χ3v) is 4.32. The highest BCUT2D eigenvalue weighted by Gasteiger charge is 2.33. The number of thioether (sulfide) groups is 1. The van der Waals surface area contributed by atoms with Crippen molar-refractivity contribution in [1.29, 1.82) is 0 Å². The second kappa shape index (κ2) is 6.80. The third-order valence-electron chi connectivity index (χ3n) is 2.14. The maximum absolute atomic E-state index is 12.3. The fourth-order valence-electron chi connectivity index (χ4n) is 1.20. The largest absolute Gasteiger partial charge is 0.434 e. The molecule has 0 atom stereocenters. The van der Waals surface area contributed by atoms with Crippen LogP contribution in [0.15, 0.2) is 5.38 Å². The average Bonchev–Trinajstić information content (AvgIpc) is 2.74. The van der Waals surface area contributed by atoms with Crippen molar-refractivity contribution in [3.8, 4) is 0 Å². The molecule has 1 aromatic rings. The summed E-state index contributed by atoms with van der Waals surface area (Å²) >= 11 is 2.48. The van der Waals surface area contributed by atoms with Crippen LogP contribution in [0.1, 0.15) is 31.5 Å². The summed E-state index contributed by atoms with van der Waals surface area (Å²) in [6.45, 7) is 6.34. The van der Waals surface area contributed by atoms with Gasteiger partial charge in [0.25, 0.3) is 0 Å². The van der Waals surface area contributed by atoms with Crippen LogP contribution in [-0.2, 0) is 17.4 Å². The van der Waals surface area contributed by atoms with Crippen molar-refractivity contribution in [2.45, 2.75) is 38.1 Å². The van der Waals surface area contributed by atoms with E-state index in [1.54, 1.807) is 0 Å². The lowest BCUT2D eigenvalue weighted by Gasteiger charge is -2.16. The molecule has 1 N–H and O–H groups in total. The molecule has 0 saturated heterocycles. The van der Waals surface area contributed by atoms with E-state index in [-0.39, 0.29) is 10.7 Å². The van der Waals surface area contributed by atoms with E-state index in [0.717, 1.165) is 16.7 Å². The van der Waals surface area contributed by atoms with Gasteiger partial charge >= 0.3 is 6.18 Å². The van der Waals surface area contributed by atoms with Gasteiger partial charge in [-0.3, -0.25) is 4.79 Å². The molecule has 20 heavy (non-hydrogen) atoms. The molecule has 0 unspecified atom stereocenters. The Morgan fingerprint density at radius 3 is 2.55 bits per heavy atom. The van der Waals surface area contributed by atoms with Crippen LogP contribution in [0, 0.1) is 0 Å². The molecule has 1 aromatic heterocycles. The number of amides is 1. The van der Waals surface area contributed by atoms with Crippen molar-refractivity contribution in [3.05, 3.63) is 16.1 Å². The first-order chi connectivity index (χ1) is 9.08. The first-order valence-electron chi connectivity index (χ1n) is 6.00. The smallest absolute Gasteiger partial charge is 0.355 e. The Hall–Kier alpha value is -0.760. The molecule has 1 heterocycles. The molecular formula is C12H17F3N2OS2. The van der Waals surface area contributed by atoms with Crippen molar-refractivity contribution in [2.24, 2.45) is 0 Å². The highest BCUT2D eigenvalue weighted by molar-refractivity contribution is 8.01. The van der Waals surface area contributed by atoms with E-state index in [4.69, 9.17) is 0 Å². The number of nitrogens with zero attached hydrogens (tertiary/aromatic N) is 1. The number of nitrogens with one attached hydrogen (secondary N) is 1. The zero-order valence-corrected chi connectivity index (χ0v) is 13.1. The van der Waals surface area contributed by atoms with Gasteiger partial charge in [-0.25, -0.2) is 4.98 Å². The van der Waals surface area contributed by atoms with Gasteiger partial charge in [0.1, 0.15) is 0 Å². The minimum Gasteiger partial charge on any atom is -0.355 e. The summed E-state index contributed by atoms with van der Waals surface area (Å²) in [5, 5.41) is 4.05. The maximum Gasteiger partial charge on any atom is 0.434 e. The van der Waals surface area contributed by atoms with Crippen LogP contribution in [0.3, 0.4) is 0 Å². The SMILES string of the molecule is CC(C)(C)SCC(=O)NCCc1nc(C(F)(F)F)cs1. The van der Waals surface area contributed by atoms with E-state index in [1.165, 1.54) is 11.8 Å². The summed E-state index contributed by atoms with van der Waals surface area (Å²) in [5.41, 5.74) is -0.868. The molecule has 114 valence electrons. The van der Waals surface area contributed by atoms with E-state index in [0.29, 0.717) is 23.7 Å². The second-order valence-corrected chi connectivity index (χ2v) is 7.87. The number of hydrogen-bond donors (Lipinski definition) is 1. The number of halogens is 3. The normalized spacial score (nSPS) is 12.5. The fourth-order valence-corrected chi connectivity index (χ4v) is 2.67. The molecule has 0 aromatic carbocycles. The molecule has 0 spiro atoms. The Balaban J connectivity index is 2.31. The van der Waals surface area contributed by atoms with Gasteiger partial charge in [-0.2, -0.15) is 13.2 Å². The first kappa shape index (κ1) is 17.3. The van der Waals surface area contributed by atoms with E-state index in [1.807, 2.05) is 20.8 Å². The predicted molar refractivity (Wildman–Crippen MR) is 76.0 cm³/mol. The van der Waals surface area contributed by atoms with Gasteiger partial charge in [0.2, 0.25) is 5.91 Å². The van der Waals surface area contributed by atoms with E-state index in [2.05, 4.69) is 10.3 Å². The van der Waals surface area contributed by atoms with Crippen LogP contribution in [-0.4, -0.2) is 27.9 Å². The molecular weight excluding hydrogens is 309 g/mol. The van der Waals surface area contributed by atoms with Gasteiger partial charge in [0, 0.05) is 23.1 Å². The number of rotatable bonds is 5. The van der Waals surface area contributed by atoms with Crippen molar-refractivity contribution in [3.63, 3.8) is 0 Å². The molecule has 8 heteroatoms. The minimum absolute atomic E-state index is 0.00819. The number of thiazole rings is 1. The van der Waals surface area contributed by atoms with Gasteiger partial charge in [0.05, 0.1) is 10.8 Å². The quantitative estimate of drug-likeness (QED) is 0.902. The van der Waals surface area contributed by atoms with Gasteiger partial charge in [-0.05, 0) is 0 Å². The lowest BCUT2D eigenvalue weighted by atomic mass is 10.3. The summed E-state index contributed by atoms with van der Waals surface area (Å²) < 4.78 is 37.0. The van der Waals surface area contributed by atoms with Crippen LogP contribution < -0.4 is 5.32 Å². The monoisotopic (exact) mass is 326 g/mol. The molecule has 0 aliphatic carbocycles. The summed E-state index contributed by atoms with van der Waals surface area (Å²) in [4.78, 5) is 15.0. The summed E-state index contributed by atoms with van der Waals surface area (Å²) in [6.07, 6.45) is -4.09. The Morgan fingerprint density at radius 1 is 1.40 bits per heavy atom. The van der Waals surface area contributed by atoms with Crippen molar-refractivity contribution >= 4 is 29.0 Å². The van der Waals surface area contributed by atoms with Crippen LogP contribution >= 0.6 is 23.1 Å². The lowest BCUT2D eigenvalue weighted by molar-refractivity contribution is -0.140. The second-order valence-electron chi connectivity index (χ2n) is 5.13. The highest BCUT2D eigenvalue weighted by atomic mass is 32.2. The zero-order chi connectivity index (χ0) is 15.4. The highest BCUT2D eigenvalue weighted by Crippen LogP contribution is 2.30. The lowest BCUT2D eigenvalue weighted by Crippen LogP contribution is -2.28. The number of carbonyl (C=O) groups is 1. The number of hydrogen-bond acceptors (Lipinski definition) is 4. The Bertz CT molecular complexity index is 452. The Morgan fingerprint density at radius 2 is 2.05 bits per heavy atom. The van der Waals surface area contributed by atoms with Crippen molar-refractivity contribution < 1.29 is 18.0 Å². The van der Waals surface area contributed by atoms with Crippen LogP contribution in [0.25, 0.3) is 0 Å². The Labute approximate surface area is 124 Å². The standard InChI is InChI=1S/C12H17F3N2OS2/c1-11(2,3)20-7-9(18)16-5-4-10-17-8(6-19-10)12(13,14)15/h6H,4-5,7H2,1-3H3,(H,16,18). The molecule has 0 radical (unpaired) electrons. The average molecular weight is 326 g/mol. The summed E-state index contributed by atoms with van der Waals surface area (Å²) in [5.74, 6) is 0.229. The zero-order valence-electron chi connectivity index (χ0n) is 11.5. The molecule has 0 aliphatic heterocycles. The number of carbonyl (C=O) groups excluding carboxylic acids is 1. The maximum atomic E-state index is 12.3. The van der Waals surface area contributed by atoms with Gasteiger partial charge < -0.3 is 5.32 Å². The van der Waals surface area contributed by atoms with Gasteiger partial charge in [-0.15, -0.1) is 23.1 Å². The van der Waals surface area contributed by atoms with E-state index < -0.39 is 11.9 Å². The molecule has 0 aliphatic rings. The topological polar surface area (TPSA) is 42.0 Å². The number of alkyl halides is 3. The van der Waals surface area contributed by atoms with Crippen LogP contribution in [0.5, 0.6) is 0 Å². The molecule has 1 rings (SSSR count). The summed E-state index contributed by atoms with van der Waals surface area (Å²) in [7, 11) is 0. The molecule has 3 nitrogen and oxygen atoms in total.